The first-order valence-corrected chi connectivity index (χ1v) is 7.45. The van der Waals surface area contributed by atoms with Gasteiger partial charge in [0.2, 0.25) is 0 Å². The van der Waals surface area contributed by atoms with Crippen LogP contribution >= 0.6 is 11.3 Å². The first-order valence-electron chi connectivity index (χ1n) is 6.57. The fraction of sp³-hybridized carbons (Fsp3) is 0.333. The lowest BCUT2D eigenvalue weighted by Gasteiger charge is -2.20. The van der Waals surface area contributed by atoms with Crippen LogP contribution in [0.5, 0.6) is 0 Å². The second-order valence-corrected chi connectivity index (χ2v) is 5.62. The molecule has 0 spiro atoms. The number of hydrogen-bond acceptors (Lipinski definition) is 2. The summed E-state index contributed by atoms with van der Waals surface area (Å²) < 4.78 is 52.5. The molecule has 1 aromatic carbocycles. The molecule has 1 unspecified atom stereocenters. The first-order chi connectivity index (χ1) is 9.93. The molecule has 0 saturated carbocycles. The minimum Gasteiger partial charge on any atom is -0.306 e. The number of halogens is 4. The quantitative estimate of drug-likeness (QED) is 0.766. The second kappa shape index (κ2) is 6.58. The number of rotatable bonds is 5. The summed E-state index contributed by atoms with van der Waals surface area (Å²) in [6, 6.07) is 5.56. The van der Waals surface area contributed by atoms with Crippen molar-refractivity contribution in [2.45, 2.75) is 25.6 Å². The molecule has 0 aliphatic rings. The van der Waals surface area contributed by atoms with E-state index in [-0.39, 0.29) is 5.56 Å². The van der Waals surface area contributed by atoms with Crippen molar-refractivity contribution in [2.24, 2.45) is 0 Å². The minimum absolute atomic E-state index is 0.0284. The van der Waals surface area contributed by atoms with Gasteiger partial charge < -0.3 is 5.32 Å². The molecular weight excluding hydrogens is 302 g/mol. The molecule has 1 atom stereocenters. The molecule has 0 amide bonds. The zero-order chi connectivity index (χ0) is 15.5. The van der Waals surface area contributed by atoms with E-state index in [0.29, 0.717) is 6.54 Å². The largest absolute Gasteiger partial charge is 0.416 e. The van der Waals surface area contributed by atoms with Crippen LogP contribution in [-0.2, 0) is 6.18 Å². The molecule has 0 fully saturated rings. The average molecular weight is 317 g/mol. The molecule has 21 heavy (non-hydrogen) atoms. The molecule has 2 rings (SSSR count). The molecule has 6 heteroatoms. The zero-order valence-corrected chi connectivity index (χ0v) is 12.2. The summed E-state index contributed by atoms with van der Waals surface area (Å²) in [6.07, 6.45) is -3.67. The van der Waals surface area contributed by atoms with Crippen molar-refractivity contribution in [3.05, 3.63) is 57.5 Å². The maximum absolute atomic E-state index is 14.0. The molecule has 0 aliphatic carbocycles. The fourth-order valence-corrected chi connectivity index (χ4v) is 2.87. The Morgan fingerprint density at radius 2 is 2.00 bits per heavy atom. The lowest BCUT2D eigenvalue weighted by atomic mass is 10.0. The highest BCUT2D eigenvalue weighted by atomic mass is 32.1. The van der Waals surface area contributed by atoms with Crippen LogP contribution in [0.4, 0.5) is 17.6 Å². The van der Waals surface area contributed by atoms with Gasteiger partial charge in [-0.1, -0.05) is 13.0 Å². The van der Waals surface area contributed by atoms with Crippen LogP contribution in [0.15, 0.2) is 35.7 Å². The molecular formula is C15H15F4NS. The Kier molecular flexibility index (Phi) is 5.00. The predicted octanol–water partition coefficient (Wildman–Crippen LogP) is 5.00. The summed E-state index contributed by atoms with van der Waals surface area (Å²) in [6.45, 7) is 2.54. The van der Waals surface area contributed by atoms with Gasteiger partial charge in [0.15, 0.2) is 0 Å². The van der Waals surface area contributed by atoms with E-state index >= 15 is 0 Å². The van der Waals surface area contributed by atoms with Crippen molar-refractivity contribution in [3.8, 4) is 0 Å². The normalized spacial score (nSPS) is 13.4. The molecule has 0 bridgehead atoms. The Balaban J connectivity index is 2.44. The van der Waals surface area contributed by atoms with Crippen molar-refractivity contribution in [1.82, 2.24) is 5.32 Å². The standard InChI is InChI=1S/C15H15F4NS/c1-2-7-20-14(13-4-3-8-21-13)11-9-10(15(17,18)19)5-6-12(11)16/h3-6,8-9,14,20H,2,7H2,1H3. The van der Waals surface area contributed by atoms with Gasteiger partial charge in [0.25, 0.3) is 0 Å². The summed E-state index contributed by atoms with van der Waals surface area (Å²) in [5.74, 6) is -0.634. The lowest BCUT2D eigenvalue weighted by molar-refractivity contribution is -0.137. The van der Waals surface area contributed by atoms with Crippen LogP contribution in [0.25, 0.3) is 0 Å². The topological polar surface area (TPSA) is 12.0 Å². The Hall–Kier alpha value is -1.40. The maximum Gasteiger partial charge on any atom is 0.416 e. The summed E-state index contributed by atoms with van der Waals surface area (Å²) in [5.41, 5.74) is -0.806. The van der Waals surface area contributed by atoms with E-state index in [1.165, 1.54) is 11.3 Å². The van der Waals surface area contributed by atoms with Crippen LogP contribution in [-0.4, -0.2) is 6.54 Å². The smallest absolute Gasteiger partial charge is 0.306 e. The Bertz CT molecular complexity index is 578. The van der Waals surface area contributed by atoms with E-state index in [2.05, 4.69) is 5.32 Å². The van der Waals surface area contributed by atoms with Gasteiger partial charge in [0.05, 0.1) is 11.6 Å². The molecule has 1 N–H and O–H groups in total. The van der Waals surface area contributed by atoms with Gasteiger partial charge >= 0.3 is 6.18 Å². The van der Waals surface area contributed by atoms with Crippen LogP contribution in [0.1, 0.15) is 35.4 Å². The summed E-state index contributed by atoms with van der Waals surface area (Å²) in [4.78, 5) is 0.793. The number of alkyl halides is 3. The van der Waals surface area contributed by atoms with Gasteiger partial charge in [0.1, 0.15) is 5.82 Å². The molecule has 1 nitrogen and oxygen atoms in total. The van der Waals surface area contributed by atoms with Gasteiger partial charge in [-0.05, 0) is 42.6 Å². The number of hydrogen-bond donors (Lipinski definition) is 1. The summed E-state index contributed by atoms with van der Waals surface area (Å²) in [7, 11) is 0. The number of benzene rings is 1. The predicted molar refractivity (Wildman–Crippen MR) is 75.9 cm³/mol. The SMILES string of the molecule is CCCNC(c1cccs1)c1cc(C(F)(F)F)ccc1F. The van der Waals surface area contributed by atoms with Crippen LogP contribution in [0.2, 0.25) is 0 Å². The van der Waals surface area contributed by atoms with Crippen LogP contribution < -0.4 is 5.32 Å². The van der Waals surface area contributed by atoms with Gasteiger partial charge in [-0.25, -0.2) is 4.39 Å². The molecule has 0 saturated heterocycles. The monoisotopic (exact) mass is 317 g/mol. The second-order valence-electron chi connectivity index (χ2n) is 4.64. The Morgan fingerprint density at radius 3 is 2.57 bits per heavy atom. The van der Waals surface area contributed by atoms with Crippen molar-refractivity contribution in [1.29, 1.82) is 0 Å². The van der Waals surface area contributed by atoms with Gasteiger partial charge in [-0.3, -0.25) is 0 Å². The van der Waals surface area contributed by atoms with E-state index < -0.39 is 23.6 Å². The average Bonchev–Trinajstić information content (AvgIpc) is 2.93. The highest BCUT2D eigenvalue weighted by Gasteiger charge is 2.32. The Labute approximate surface area is 124 Å². The maximum atomic E-state index is 14.0. The summed E-state index contributed by atoms with van der Waals surface area (Å²) in [5, 5.41) is 4.93. The zero-order valence-electron chi connectivity index (χ0n) is 11.4. The lowest BCUT2D eigenvalue weighted by Crippen LogP contribution is -2.24. The van der Waals surface area contributed by atoms with Crippen molar-refractivity contribution < 1.29 is 17.6 Å². The minimum atomic E-state index is -4.48. The highest BCUT2D eigenvalue weighted by molar-refractivity contribution is 7.10. The summed E-state index contributed by atoms with van der Waals surface area (Å²) >= 11 is 1.39. The van der Waals surface area contributed by atoms with E-state index in [9.17, 15) is 17.6 Å². The highest BCUT2D eigenvalue weighted by Crippen LogP contribution is 2.34. The van der Waals surface area contributed by atoms with Crippen LogP contribution in [0, 0.1) is 5.82 Å². The number of nitrogens with one attached hydrogen (secondary N) is 1. The van der Waals surface area contributed by atoms with Gasteiger partial charge in [-0.2, -0.15) is 13.2 Å². The van der Waals surface area contributed by atoms with Crippen LogP contribution in [0.3, 0.4) is 0 Å². The van der Waals surface area contributed by atoms with E-state index in [4.69, 9.17) is 0 Å². The van der Waals surface area contributed by atoms with E-state index in [1.54, 1.807) is 12.1 Å². The van der Waals surface area contributed by atoms with Crippen molar-refractivity contribution in [2.75, 3.05) is 6.54 Å². The third-order valence-electron chi connectivity index (χ3n) is 3.06. The molecule has 114 valence electrons. The Morgan fingerprint density at radius 1 is 1.24 bits per heavy atom. The third-order valence-corrected chi connectivity index (χ3v) is 4.00. The fourth-order valence-electron chi connectivity index (χ4n) is 2.05. The van der Waals surface area contributed by atoms with E-state index in [0.717, 1.165) is 29.5 Å². The first kappa shape index (κ1) is 16.0. The third kappa shape index (κ3) is 3.83. The number of thiophene rings is 1. The van der Waals surface area contributed by atoms with Gasteiger partial charge in [0, 0.05) is 10.4 Å². The van der Waals surface area contributed by atoms with E-state index in [1.807, 2.05) is 12.3 Å². The molecule has 1 aromatic heterocycles. The molecule has 2 aromatic rings. The van der Waals surface area contributed by atoms with Gasteiger partial charge in [-0.15, -0.1) is 11.3 Å². The van der Waals surface area contributed by atoms with Crippen molar-refractivity contribution >= 4 is 11.3 Å². The molecule has 0 aliphatic heterocycles. The molecule has 1 heterocycles. The molecule has 0 radical (unpaired) electrons. The van der Waals surface area contributed by atoms with Crippen molar-refractivity contribution in [3.63, 3.8) is 0 Å².